The van der Waals surface area contributed by atoms with Crippen molar-refractivity contribution in [3.8, 4) is 0 Å². The van der Waals surface area contributed by atoms with Gasteiger partial charge in [-0.1, -0.05) is 6.07 Å². The van der Waals surface area contributed by atoms with E-state index in [4.69, 9.17) is 0 Å². The Bertz CT molecular complexity index is 545. The Labute approximate surface area is 125 Å². The van der Waals surface area contributed by atoms with Crippen molar-refractivity contribution in [1.82, 2.24) is 20.1 Å². The van der Waals surface area contributed by atoms with Crippen LogP contribution in [0.3, 0.4) is 0 Å². The predicted molar refractivity (Wildman–Crippen MR) is 82.5 cm³/mol. The highest BCUT2D eigenvalue weighted by Gasteiger charge is 2.29. The Morgan fingerprint density at radius 2 is 1.95 bits per heavy atom. The molecule has 0 aliphatic carbocycles. The number of aromatic amines is 1. The molecule has 0 saturated carbocycles. The SMILES string of the molecule is CN1CCN(C(C)(C)CNC(=O)c2cccc(=O)[nH]2)CC1. The molecule has 0 aromatic carbocycles. The molecule has 1 aromatic rings. The van der Waals surface area contributed by atoms with E-state index in [9.17, 15) is 9.59 Å². The number of hydrogen-bond acceptors (Lipinski definition) is 4. The van der Waals surface area contributed by atoms with Crippen LogP contribution in [0, 0.1) is 0 Å². The van der Waals surface area contributed by atoms with Crippen molar-refractivity contribution in [3.63, 3.8) is 0 Å². The van der Waals surface area contributed by atoms with Crippen LogP contribution in [-0.2, 0) is 0 Å². The van der Waals surface area contributed by atoms with Crippen molar-refractivity contribution in [2.75, 3.05) is 39.8 Å². The van der Waals surface area contributed by atoms with Gasteiger partial charge in [0.25, 0.3) is 5.91 Å². The quantitative estimate of drug-likeness (QED) is 0.828. The van der Waals surface area contributed by atoms with Gasteiger partial charge in [0.2, 0.25) is 5.56 Å². The Hall–Kier alpha value is -1.66. The molecule has 2 N–H and O–H groups in total. The standard InChI is InChI=1S/C15H24N4O2/c1-15(2,19-9-7-18(3)8-10-19)11-16-14(21)12-5-4-6-13(20)17-12/h4-6H,7-11H2,1-3H3,(H,16,21)(H,17,20). The summed E-state index contributed by atoms with van der Waals surface area (Å²) in [4.78, 5) is 30.5. The van der Waals surface area contributed by atoms with Gasteiger partial charge in [-0.05, 0) is 27.0 Å². The lowest BCUT2D eigenvalue weighted by molar-refractivity contribution is 0.0587. The first kappa shape index (κ1) is 15.7. The Morgan fingerprint density at radius 3 is 2.57 bits per heavy atom. The van der Waals surface area contributed by atoms with E-state index in [1.807, 2.05) is 0 Å². The lowest BCUT2D eigenvalue weighted by atomic mass is 10.0. The van der Waals surface area contributed by atoms with Crippen molar-refractivity contribution in [1.29, 1.82) is 0 Å². The molecular weight excluding hydrogens is 268 g/mol. The van der Waals surface area contributed by atoms with Crippen molar-refractivity contribution in [2.45, 2.75) is 19.4 Å². The van der Waals surface area contributed by atoms with Gasteiger partial charge in [0.05, 0.1) is 0 Å². The van der Waals surface area contributed by atoms with Crippen molar-refractivity contribution in [3.05, 3.63) is 34.2 Å². The second kappa shape index (κ2) is 6.41. The molecule has 0 atom stereocenters. The summed E-state index contributed by atoms with van der Waals surface area (Å²) in [6.45, 7) is 8.90. The average Bonchev–Trinajstić information content (AvgIpc) is 2.45. The van der Waals surface area contributed by atoms with Crippen LogP contribution in [-0.4, -0.2) is 66.0 Å². The molecule has 0 radical (unpaired) electrons. The molecular formula is C15H24N4O2. The molecule has 2 rings (SSSR count). The molecule has 0 unspecified atom stereocenters. The third-order valence-electron chi connectivity index (χ3n) is 4.05. The van der Waals surface area contributed by atoms with Crippen LogP contribution in [0.2, 0.25) is 0 Å². The number of amides is 1. The van der Waals surface area contributed by atoms with E-state index in [1.165, 1.54) is 6.07 Å². The predicted octanol–water partition coefficient (Wildman–Crippen LogP) is 0.131. The summed E-state index contributed by atoms with van der Waals surface area (Å²) in [5.41, 5.74) is -0.0657. The minimum absolute atomic E-state index is 0.105. The Morgan fingerprint density at radius 1 is 1.29 bits per heavy atom. The van der Waals surface area contributed by atoms with Crippen LogP contribution in [0.4, 0.5) is 0 Å². The van der Waals surface area contributed by atoms with Gasteiger partial charge in [0.1, 0.15) is 5.69 Å². The van der Waals surface area contributed by atoms with E-state index in [0.717, 1.165) is 26.2 Å². The van der Waals surface area contributed by atoms with E-state index in [0.29, 0.717) is 12.2 Å². The maximum Gasteiger partial charge on any atom is 0.267 e. The van der Waals surface area contributed by atoms with Gasteiger partial charge < -0.3 is 15.2 Å². The molecule has 1 saturated heterocycles. The summed E-state index contributed by atoms with van der Waals surface area (Å²) in [6, 6.07) is 4.59. The summed E-state index contributed by atoms with van der Waals surface area (Å²) >= 11 is 0. The fourth-order valence-corrected chi connectivity index (χ4v) is 2.50. The number of rotatable bonds is 4. The number of likely N-dealkylation sites (N-methyl/N-ethyl adjacent to an activating group) is 1. The molecule has 1 aromatic heterocycles. The molecule has 6 nitrogen and oxygen atoms in total. The van der Waals surface area contributed by atoms with Crippen molar-refractivity contribution < 1.29 is 4.79 Å². The number of piperazine rings is 1. The maximum absolute atomic E-state index is 12.1. The number of carbonyl (C=O) groups is 1. The van der Waals surface area contributed by atoms with E-state index >= 15 is 0 Å². The first-order valence-corrected chi connectivity index (χ1v) is 7.30. The van der Waals surface area contributed by atoms with E-state index in [1.54, 1.807) is 12.1 Å². The summed E-state index contributed by atoms with van der Waals surface area (Å²) in [6.07, 6.45) is 0. The lowest BCUT2D eigenvalue weighted by Gasteiger charge is -2.43. The third-order valence-corrected chi connectivity index (χ3v) is 4.05. The van der Waals surface area contributed by atoms with Crippen LogP contribution >= 0.6 is 0 Å². The summed E-state index contributed by atoms with van der Waals surface area (Å²) in [5, 5.41) is 2.91. The van der Waals surface area contributed by atoms with Gasteiger partial charge in [-0.3, -0.25) is 14.5 Å². The molecule has 1 aliphatic heterocycles. The largest absolute Gasteiger partial charge is 0.349 e. The maximum atomic E-state index is 12.1. The Kier molecular flexibility index (Phi) is 4.80. The normalized spacial score (nSPS) is 17.7. The number of nitrogens with zero attached hydrogens (tertiary/aromatic N) is 2. The van der Waals surface area contributed by atoms with Crippen LogP contribution in [0.15, 0.2) is 23.0 Å². The minimum atomic E-state index is -0.263. The molecule has 0 spiro atoms. The smallest absolute Gasteiger partial charge is 0.267 e. The van der Waals surface area contributed by atoms with Crippen LogP contribution in [0.5, 0.6) is 0 Å². The monoisotopic (exact) mass is 292 g/mol. The molecule has 1 amide bonds. The van der Waals surface area contributed by atoms with E-state index in [-0.39, 0.29) is 17.0 Å². The number of H-pyrrole nitrogens is 1. The van der Waals surface area contributed by atoms with Gasteiger partial charge in [0, 0.05) is 44.3 Å². The van der Waals surface area contributed by atoms with Gasteiger partial charge in [-0.25, -0.2) is 0 Å². The minimum Gasteiger partial charge on any atom is -0.349 e. The topological polar surface area (TPSA) is 68.4 Å². The van der Waals surface area contributed by atoms with Gasteiger partial charge in [0.15, 0.2) is 0 Å². The average molecular weight is 292 g/mol. The van der Waals surface area contributed by atoms with Gasteiger partial charge >= 0.3 is 0 Å². The number of pyridine rings is 1. The molecule has 1 aliphatic rings. The highest BCUT2D eigenvalue weighted by Crippen LogP contribution is 2.15. The second-order valence-corrected chi connectivity index (χ2v) is 6.21. The number of carbonyl (C=O) groups excluding carboxylic acids is 1. The van der Waals surface area contributed by atoms with Crippen molar-refractivity contribution in [2.24, 2.45) is 0 Å². The van der Waals surface area contributed by atoms with Gasteiger partial charge in [-0.2, -0.15) is 0 Å². The van der Waals surface area contributed by atoms with E-state index in [2.05, 4.69) is 41.0 Å². The number of hydrogen-bond donors (Lipinski definition) is 2. The Balaban J connectivity index is 1.92. The zero-order chi connectivity index (χ0) is 15.5. The van der Waals surface area contributed by atoms with E-state index < -0.39 is 0 Å². The fourth-order valence-electron chi connectivity index (χ4n) is 2.50. The number of aromatic nitrogens is 1. The van der Waals surface area contributed by atoms with Crippen LogP contribution in [0.25, 0.3) is 0 Å². The number of nitrogens with one attached hydrogen (secondary N) is 2. The molecule has 116 valence electrons. The lowest BCUT2D eigenvalue weighted by Crippen LogP contribution is -2.57. The first-order chi connectivity index (χ1) is 9.88. The van der Waals surface area contributed by atoms with Crippen LogP contribution in [0.1, 0.15) is 24.3 Å². The highest BCUT2D eigenvalue weighted by molar-refractivity contribution is 5.92. The zero-order valence-corrected chi connectivity index (χ0v) is 13.0. The van der Waals surface area contributed by atoms with Crippen LogP contribution < -0.4 is 10.9 Å². The third kappa shape index (κ3) is 4.15. The first-order valence-electron chi connectivity index (χ1n) is 7.30. The second-order valence-electron chi connectivity index (χ2n) is 6.21. The summed E-state index contributed by atoms with van der Waals surface area (Å²) < 4.78 is 0. The molecule has 6 heteroatoms. The van der Waals surface area contributed by atoms with Gasteiger partial charge in [-0.15, -0.1) is 0 Å². The molecule has 2 heterocycles. The van der Waals surface area contributed by atoms with Crippen molar-refractivity contribution >= 4 is 5.91 Å². The zero-order valence-electron chi connectivity index (χ0n) is 13.0. The molecule has 21 heavy (non-hydrogen) atoms. The highest BCUT2D eigenvalue weighted by atomic mass is 16.2. The molecule has 1 fully saturated rings. The summed E-state index contributed by atoms with van der Waals surface area (Å²) in [7, 11) is 2.12. The molecule has 0 bridgehead atoms. The summed E-state index contributed by atoms with van der Waals surface area (Å²) in [5.74, 6) is -0.241. The fraction of sp³-hybridized carbons (Fsp3) is 0.600.